The van der Waals surface area contributed by atoms with Crippen molar-refractivity contribution in [3.8, 4) is 0 Å². The van der Waals surface area contributed by atoms with Crippen LogP contribution in [0.1, 0.15) is 48.2 Å². The van der Waals surface area contributed by atoms with Gasteiger partial charge in [0.25, 0.3) is 0 Å². The fourth-order valence-corrected chi connectivity index (χ4v) is 5.20. The minimum absolute atomic E-state index is 0.187. The van der Waals surface area contributed by atoms with Crippen molar-refractivity contribution in [3.05, 3.63) is 15.6 Å². The highest BCUT2D eigenvalue weighted by Crippen LogP contribution is 2.40. The number of thioether (sulfide) groups is 1. The Balaban J connectivity index is 1.90. The minimum atomic E-state index is 0.187. The number of rotatable bonds is 4. The van der Waals surface area contributed by atoms with Crippen LogP contribution in [-0.4, -0.2) is 22.5 Å². The molecule has 2 aliphatic rings. The van der Waals surface area contributed by atoms with Crippen molar-refractivity contribution >= 4 is 23.1 Å². The molecule has 1 aliphatic heterocycles. The van der Waals surface area contributed by atoms with Gasteiger partial charge in [-0.3, -0.25) is 0 Å². The summed E-state index contributed by atoms with van der Waals surface area (Å²) in [5.41, 5.74) is 1.50. The summed E-state index contributed by atoms with van der Waals surface area (Å²) < 4.78 is 0. The van der Waals surface area contributed by atoms with E-state index in [1.165, 1.54) is 52.8 Å². The second-order valence-electron chi connectivity index (χ2n) is 5.53. The van der Waals surface area contributed by atoms with Crippen molar-refractivity contribution < 1.29 is 0 Å². The van der Waals surface area contributed by atoms with Crippen molar-refractivity contribution in [1.82, 2.24) is 10.3 Å². The van der Waals surface area contributed by atoms with E-state index >= 15 is 0 Å². The van der Waals surface area contributed by atoms with Gasteiger partial charge in [0, 0.05) is 16.7 Å². The number of aryl methyl sites for hydroxylation is 2. The van der Waals surface area contributed by atoms with Crippen LogP contribution in [0.5, 0.6) is 0 Å². The molecule has 1 aliphatic carbocycles. The van der Waals surface area contributed by atoms with E-state index in [-0.39, 0.29) is 5.54 Å². The Kier molecular flexibility index (Phi) is 3.70. The molecule has 1 saturated carbocycles. The van der Waals surface area contributed by atoms with E-state index in [1.54, 1.807) is 0 Å². The monoisotopic (exact) mass is 282 g/mol. The van der Waals surface area contributed by atoms with Crippen LogP contribution in [-0.2, 0) is 12.0 Å². The fraction of sp³-hybridized carbons (Fsp3) is 0.786. The van der Waals surface area contributed by atoms with Crippen LogP contribution in [0.15, 0.2) is 0 Å². The summed E-state index contributed by atoms with van der Waals surface area (Å²) in [7, 11) is 0. The summed E-state index contributed by atoms with van der Waals surface area (Å²) in [6, 6.07) is 0.762. The van der Waals surface area contributed by atoms with E-state index in [2.05, 4.69) is 30.9 Å². The van der Waals surface area contributed by atoms with E-state index in [4.69, 9.17) is 4.98 Å². The first-order valence-corrected chi connectivity index (χ1v) is 9.03. The van der Waals surface area contributed by atoms with Gasteiger partial charge < -0.3 is 5.32 Å². The number of nitrogens with one attached hydrogen (secondary N) is 1. The maximum atomic E-state index is 4.95. The first kappa shape index (κ1) is 12.9. The molecule has 1 atom stereocenters. The fourth-order valence-electron chi connectivity index (χ4n) is 2.72. The van der Waals surface area contributed by atoms with Crippen molar-refractivity contribution in [2.45, 2.75) is 57.5 Å². The summed E-state index contributed by atoms with van der Waals surface area (Å²) in [4.78, 5) is 6.36. The third kappa shape index (κ3) is 2.47. The molecule has 2 heterocycles. The molecule has 1 aromatic heterocycles. The number of hydrogen-bond acceptors (Lipinski definition) is 4. The van der Waals surface area contributed by atoms with E-state index in [9.17, 15) is 0 Å². The molecule has 0 amide bonds. The van der Waals surface area contributed by atoms with Crippen LogP contribution >= 0.6 is 23.1 Å². The van der Waals surface area contributed by atoms with Crippen LogP contribution in [0, 0.1) is 6.92 Å². The average Bonchev–Trinajstić information content (AvgIpc) is 3.10. The molecule has 3 rings (SSSR count). The Bertz CT molecular complexity index is 417. The van der Waals surface area contributed by atoms with Crippen LogP contribution in [0.2, 0.25) is 0 Å². The molecular formula is C14H22N2S2. The van der Waals surface area contributed by atoms with Gasteiger partial charge in [0.15, 0.2) is 0 Å². The second kappa shape index (κ2) is 5.14. The number of hydrogen-bond donors (Lipinski definition) is 1. The standard InChI is InChI=1S/C14H22N2S2/c1-3-12-10(2)18-13(15-12)14(16-11-5-6-11)7-4-8-17-9-14/h11,16H,3-9H2,1-2H3. The summed E-state index contributed by atoms with van der Waals surface area (Å²) in [6.07, 6.45) is 6.38. The molecular weight excluding hydrogens is 260 g/mol. The van der Waals surface area contributed by atoms with E-state index in [0.29, 0.717) is 0 Å². The van der Waals surface area contributed by atoms with Crippen molar-refractivity contribution in [3.63, 3.8) is 0 Å². The molecule has 2 fully saturated rings. The topological polar surface area (TPSA) is 24.9 Å². The zero-order chi connectivity index (χ0) is 12.6. The molecule has 4 heteroatoms. The molecule has 0 bridgehead atoms. The van der Waals surface area contributed by atoms with Gasteiger partial charge >= 0.3 is 0 Å². The molecule has 0 spiro atoms. The SMILES string of the molecule is CCc1nc(C2(NC3CC3)CCCSC2)sc1C. The van der Waals surface area contributed by atoms with E-state index in [0.717, 1.165) is 12.5 Å². The number of nitrogens with zero attached hydrogens (tertiary/aromatic N) is 1. The van der Waals surface area contributed by atoms with Crippen LogP contribution < -0.4 is 5.32 Å². The molecule has 100 valence electrons. The Morgan fingerprint density at radius 1 is 1.44 bits per heavy atom. The largest absolute Gasteiger partial charge is 0.302 e. The van der Waals surface area contributed by atoms with Crippen LogP contribution in [0.4, 0.5) is 0 Å². The zero-order valence-corrected chi connectivity index (χ0v) is 12.9. The van der Waals surface area contributed by atoms with Crippen molar-refractivity contribution in [2.24, 2.45) is 0 Å². The lowest BCUT2D eigenvalue weighted by atomic mass is 9.95. The lowest BCUT2D eigenvalue weighted by molar-refractivity contribution is 0.332. The normalized spacial score (nSPS) is 28.6. The summed E-state index contributed by atoms with van der Waals surface area (Å²) in [5, 5.41) is 5.27. The zero-order valence-electron chi connectivity index (χ0n) is 11.3. The molecule has 2 nitrogen and oxygen atoms in total. The average molecular weight is 282 g/mol. The highest BCUT2D eigenvalue weighted by Gasteiger charge is 2.41. The predicted octanol–water partition coefficient (Wildman–Crippen LogP) is 3.49. The summed E-state index contributed by atoms with van der Waals surface area (Å²) in [6.45, 7) is 4.43. The van der Waals surface area contributed by atoms with Crippen molar-refractivity contribution in [2.75, 3.05) is 11.5 Å². The maximum Gasteiger partial charge on any atom is 0.114 e. The van der Waals surface area contributed by atoms with E-state index < -0.39 is 0 Å². The van der Waals surface area contributed by atoms with Gasteiger partial charge in [-0.15, -0.1) is 11.3 Å². The van der Waals surface area contributed by atoms with Gasteiger partial charge in [-0.05, 0) is 44.8 Å². The Hall–Kier alpha value is -0.0600. The second-order valence-corrected chi connectivity index (χ2v) is 7.84. The maximum absolute atomic E-state index is 4.95. The van der Waals surface area contributed by atoms with Gasteiger partial charge in [0.2, 0.25) is 0 Å². The highest BCUT2D eigenvalue weighted by atomic mass is 32.2. The van der Waals surface area contributed by atoms with Crippen LogP contribution in [0.3, 0.4) is 0 Å². The molecule has 1 saturated heterocycles. The number of thiazole rings is 1. The van der Waals surface area contributed by atoms with Gasteiger partial charge in [-0.25, -0.2) is 4.98 Å². The van der Waals surface area contributed by atoms with Gasteiger partial charge in [-0.1, -0.05) is 6.92 Å². The molecule has 1 N–H and O–H groups in total. The highest BCUT2D eigenvalue weighted by molar-refractivity contribution is 7.99. The molecule has 18 heavy (non-hydrogen) atoms. The van der Waals surface area contributed by atoms with Crippen molar-refractivity contribution in [1.29, 1.82) is 0 Å². The quantitative estimate of drug-likeness (QED) is 0.915. The van der Waals surface area contributed by atoms with Gasteiger partial charge in [0.1, 0.15) is 5.01 Å². The number of aromatic nitrogens is 1. The van der Waals surface area contributed by atoms with Gasteiger partial charge in [-0.2, -0.15) is 11.8 Å². The first-order chi connectivity index (χ1) is 8.73. The minimum Gasteiger partial charge on any atom is -0.302 e. The van der Waals surface area contributed by atoms with E-state index in [1.807, 2.05) is 11.3 Å². The Morgan fingerprint density at radius 2 is 2.28 bits per heavy atom. The third-order valence-corrected chi connectivity index (χ3v) is 6.43. The predicted molar refractivity (Wildman–Crippen MR) is 80.6 cm³/mol. The smallest absolute Gasteiger partial charge is 0.114 e. The molecule has 0 aromatic carbocycles. The lowest BCUT2D eigenvalue weighted by Crippen LogP contribution is -2.47. The third-order valence-electron chi connectivity index (χ3n) is 3.94. The molecule has 1 unspecified atom stereocenters. The Labute approximate surface area is 118 Å². The summed E-state index contributed by atoms with van der Waals surface area (Å²) >= 11 is 4.02. The lowest BCUT2D eigenvalue weighted by Gasteiger charge is -2.36. The summed E-state index contributed by atoms with van der Waals surface area (Å²) in [5.74, 6) is 2.53. The van der Waals surface area contributed by atoms with Gasteiger partial charge in [0.05, 0.1) is 11.2 Å². The van der Waals surface area contributed by atoms with Crippen LogP contribution in [0.25, 0.3) is 0 Å². The Morgan fingerprint density at radius 3 is 2.83 bits per heavy atom. The molecule has 1 aromatic rings. The first-order valence-electron chi connectivity index (χ1n) is 7.06. The molecule has 0 radical (unpaired) electrons.